The van der Waals surface area contributed by atoms with Gasteiger partial charge in [0.05, 0.1) is 78.5 Å². The first kappa shape index (κ1) is 41.1. The largest absolute Gasteiger partial charge is 0.493 e. The molecule has 4 unspecified atom stereocenters. The summed E-state index contributed by atoms with van der Waals surface area (Å²) < 4.78 is 34.7. The van der Waals surface area contributed by atoms with E-state index in [4.69, 9.17) is 28.4 Å². The number of quaternary nitrogens is 2. The summed E-state index contributed by atoms with van der Waals surface area (Å²) in [6, 6.07) is 8.03. The van der Waals surface area contributed by atoms with Gasteiger partial charge in [0, 0.05) is 76.3 Å². The normalized spacial score (nSPS) is 30.1. The molecule has 2 aromatic rings. The molecule has 14 nitrogen and oxygen atoms in total. The molecule has 4 bridgehead atoms. The number of rotatable bonds is 15. The zero-order valence-electron chi connectivity index (χ0n) is 33.9. The highest BCUT2D eigenvalue weighted by molar-refractivity contribution is 5.82. The number of benzene rings is 2. The molecule has 4 saturated heterocycles. The summed E-state index contributed by atoms with van der Waals surface area (Å²) in [7, 11) is 10.5. The summed E-state index contributed by atoms with van der Waals surface area (Å²) in [5, 5.41) is 21.7. The van der Waals surface area contributed by atoms with Gasteiger partial charge in [-0.3, -0.25) is 19.2 Å². The minimum Gasteiger partial charge on any atom is -0.493 e. The van der Waals surface area contributed by atoms with Gasteiger partial charge in [-0.15, -0.1) is 0 Å². The minimum atomic E-state index is -1.40. The Labute approximate surface area is 328 Å². The van der Waals surface area contributed by atoms with Gasteiger partial charge in [-0.1, -0.05) is 0 Å². The first-order chi connectivity index (χ1) is 26.5. The van der Waals surface area contributed by atoms with Crippen molar-refractivity contribution in [1.29, 1.82) is 0 Å². The van der Waals surface area contributed by atoms with E-state index in [1.165, 1.54) is 42.3 Å². The zero-order chi connectivity index (χ0) is 40.7. The van der Waals surface area contributed by atoms with E-state index >= 15 is 0 Å². The van der Waals surface area contributed by atoms with Gasteiger partial charge in [0.25, 0.3) is 0 Å². The number of fused-ring (bicyclic) bond motifs is 4. The van der Waals surface area contributed by atoms with E-state index in [9.17, 15) is 29.4 Å². The molecular formula is C42H58N2O12+2. The summed E-state index contributed by atoms with van der Waals surface area (Å²) in [5.41, 5.74) is 0.486. The predicted octanol–water partition coefficient (Wildman–Crippen LogP) is 5.59. The van der Waals surface area contributed by atoms with Crippen molar-refractivity contribution in [3.05, 3.63) is 35.4 Å². The van der Waals surface area contributed by atoms with Crippen LogP contribution in [0.3, 0.4) is 0 Å². The van der Waals surface area contributed by atoms with Gasteiger partial charge < -0.3 is 47.6 Å². The fourth-order valence-electron chi connectivity index (χ4n) is 11.5. The van der Waals surface area contributed by atoms with Crippen molar-refractivity contribution in [3.8, 4) is 34.5 Å². The van der Waals surface area contributed by atoms with Crippen LogP contribution in [0.2, 0.25) is 0 Å². The second kappa shape index (κ2) is 15.8. The highest BCUT2D eigenvalue weighted by atomic mass is 16.6. The fourth-order valence-corrected chi connectivity index (χ4v) is 11.5. The third-order valence-corrected chi connectivity index (χ3v) is 14.1. The molecule has 0 radical (unpaired) electrons. The summed E-state index contributed by atoms with van der Waals surface area (Å²) >= 11 is 0. The average molecular weight is 783 g/mol. The van der Waals surface area contributed by atoms with Crippen LogP contribution in [0.15, 0.2) is 24.3 Å². The van der Waals surface area contributed by atoms with E-state index in [0.29, 0.717) is 70.7 Å². The molecule has 8 atom stereocenters. The summed E-state index contributed by atoms with van der Waals surface area (Å²) in [6.07, 6.45) is 5.79. The Hall–Kier alpha value is -4.56. The number of nitrogens with zero attached hydrogens (tertiary/aromatic N) is 2. The number of ether oxygens (including phenoxy) is 6. The van der Waals surface area contributed by atoms with Crippen molar-refractivity contribution in [2.24, 2.45) is 17.3 Å². The van der Waals surface area contributed by atoms with Crippen LogP contribution in [0.4, 0.5) is 0 Å². The standard InChI is InChI=1S/C42H56N2O12/c1-24(45)55-39-34(51-5)13-26(14-35(39)52-6)22-43(3)30-9-10-31(43)18-28(17-30)42(41(49)50,21-38(47)48)29-19-32-11-12-33(20-29)44(32,4)23-27-15-36(53-7)40(56-25(2)46)37(16-27)54-8/h13-16,28-33H,9-12,17-23H2,1-8H3/p+2/t28?,29?,30-,31+,32-,33+,42?,43?,44?. The SMILES string of the molecule is COc1cc(C[N+]2(C)[C@@H]3CC[C@H]2CC(C(CC(=O)O)(C(=O)O)C2C[C@H]4CC[C@@H](C2)[N+]4(C)Cc2cc(OC)c(OC(C)=O)c(OC)c2)C3)cc(OC)c1OC(C)=O. The Bertz CT molecular complexity index is 1670. The third kappa shape index (κ3) is 7.26. The average Bonchev–Trinajstić information content (AvgIpc) is 3.37. The predicted molar refractivity (Wildman–Crippen MR) is 203 cm³/mol. The Morgan fingerprint density at radius 2 is 0.911 bits per heavy atom. The highest BCUT2D eigenvalue weighted by Crippen LogP contribution is 2.59. The number of carbonyl (C=O) groups excluding carboxylic acids is 2. The minimum absolute atomic E-state index is 0.137. The van der Waals surface area contributed by atoms with Crippen molar-refractivity contribution in [1.82, 2.24) is 0 Å². The molecule has 0 aliphatic carbocycles. The van der Waals surface area contributed by atoms with Gasteiger partial charge in [-0.2, -0.15) is 0 Å². The quantitative estimate of drug-likeness (QED) is 0.131. The first-order valence-electron chi connectivity index (χ1n) is 19.5. The van der Waals surface area contributed by atoms with E-state index in [0.717, 1.165) is 36.8 Å². The van der Waals surface area contributed by atoms with E-state index < -0.39 is 35.7 Å². The van der Waals surface area contributed by atoms with E-state index in [1.54, 1.807) is 0 Å². The summed E-state index contributed by atoms with van der Waals surface area (Å²) in [5.74, 6) is -1.60. The molecule has 306 valence electrons. The number of carboxylic acids is 2. The van der Waals surface area contributed by atoms with Gasteiger partial charge in [-0.25, -0.2) is 0 Å². The van der Waals surface area contributed by atoms with Crippen LogP contribution in [0.25, 0.3) is 0 Å². The molecule has 0 aromatic heterocycles. The number of esters is 2. The molecule has 2 aromatic carbocycles. The monoisotopic (exact) mass is 782 g/mol. The van der Waals surface area contributed by atoms with Crippen molar-refractivity contribution in [2.45, 2.75) is 109 Å². The first-order valence-corrected chi connectivity index (χ1v) is 19.5. The highest BCUT2D eigenvalue weighted by Gasteiger charge is 2.64. The van der Waals surface area contributed by atoms with Crippen LogP contribution in [0, 0.1) is 17.3 Å². The fraction of sp³-hybridized carbons (Fsp3) is 0.619. The van der Waals surface area contributed by atoms with Crippen LogP contribution in [-0.4, -0.2) is 110 Å². The smallest absolute Gasteiger partial charge is 0.310 e. The topological polar surface area (TPSA) is 164 Å². The second-order valence-corrected chi connectivity index (χ2v) is 16.9. The Morgan fingerprint density at radius 1 is 0.607 bits per heavy atom. The number of aliphatic carboxylic acids is 2. The maximum absolute atomic E-state index is 13.8. The van der Waals surface area contributed by atoms with Gasteiger partial charge in [0.1, 0.15) is 13.1 Å². The second-order valence-electron chi connectivity index (χ2n) is 16.9. The molecule has 4 heterocycles. The van der Waals surface area contributed by atoms with E-state index in [1.807, 2.05) is 24.3 Å². The molecule has 14 heteroatoms. The van der Waals surface area contributed by atoms with Crippen molar-refractivity contribution < 1.29 is 66.8 Å². The summed E-state index contributed by atoms with van der Waals surface area (Å²) in [4.78, 5) is 50.2. The van der Waals surface area contributed by atoms with Crippen molar-refractivity contribution >= 4 is 23.9 Å². The molecule has 2 N–H and O–H groups in total. The van der Waals surface area contributed by atoms with Gasteiger partial charge >= 0.3 is 23.9 Å². The lowest BCUT2D eigenvalue weighted by Crippen LogP contribution is -2.63. The van der Waals surface area contributed by atoms with Crippen LogP contribution < -0.4 is 28.4 Å². The molecular weight excluding hydrogens is 724 g/mol. The molecule has 0 spiro atoms. The lowest BCUT2D eigenvalue weighted by Gasteiger charge is -2.55. The maximum Gasteiger partial charge on any atom is 0.310 e. The molecule has 4 aliphatic rings. The third-order valence-electron chi connectivity index (χ3n) is 14.1. The van der Waals surface area contributed by atoms with Crippen molar-refractivity contribution in [2.75, 3.05) is 42.5 Å². The number of methoxy groups -OCH3 is 4. The number of piperidine rings is 2. The Morgan fingerprint density at radius 3 is 1.14 bits per heavy atom. The lowest BCUT2D eigenvalue weighted by atomic mass is 9.57. The lowest BCUT2D eigenvalue weighted by molar-refractivity contribution is -0.963. The van der Waals surface area contributed by atoms with E-state index in [2.05, 4.69) is 14.1 Å². The molecule has 4 aliphatic heterocycles. The van der Waals surface area contributed by atoms with Crippen LogP contribution in [0.1, 0.15) is 82.8 Å². The zero-order valence-corrected chi connectivity index (χ0v) is 33.9. The van der Waals surface area contributed by atoms with Gasteiger partial charge in [-0.05, 0) is 36.1 Å². The van der Waals surface area contributed by atoms with E-state index in [-0.39, 0.29) is 47.5 Å². The van der Waals surface area contributed by atoms with Gasteiger partial charge in [0.2, 0.25) is 11.5 Å². The van der Waals surface area contributed by atoms with Crippen LogP contribution in [0.5, 0.6) is 34.5 Å². The molecule has 0 amide bonds. The number of hydrogen-bond donors (Lipinski definition) is 2. The number of carboxylic acid groups (broad SMARTS) is 2. The molecule has 0 saturated carbocycles. The molecule has 4 fully saturated rings. The maximum atomic E-state index is 13.8. The van der Waals surface area contributed by atoms with Gasteiger partial charge in [0.15, 0.2) is 23.0 Å². The van der Waals surface area contributed by atoms with Crippen LogP contribution in [-0.2, 0) is 32.3 Å². The summed E-state index contributed by atoms with van der Waals surface area (Å²) in [6.45, 7) is 3.91. The number of carbonyl (C=O) groups is 4. The molecule has 56 heavy (non-hydrogen) atoms. The Kier molecular flexibility index (Phi) is 11.6. The van der Waals surface area contributed by atoms with Crippen LogP contribution >= 0.6 is 0 Å². The number of hydrogen-bond acceptors (Lipinski definition) is 10. The molecule has 6 rings (SSSR count). The van der Waals surface area contributed by atoms with Crippen molar-refractivity contribution in [3.63, 3.8) is 0 Å². The Balaban J connectivity index is 1.27.